The van der Waals surface area contributed by atoms with E-state index in [1.165, 1.54) is 6.07 Å². The quantitative estimate of drug-likeness (QED) is 0.635. The van der Waals surface area contributed by atoms with Gasteiger partial charge in [-0.15, -0.1) is 0 Å². The number of rotatable bonds is 2. The highest BCUT2D eigenvalue weighted by Crippen LogP contribution is 2.41. The summed E-state index contributed by atoms with van der Waals surface area (Å²) in [5, 5.41) is 6.65. The molecule has 104 valence electrons. The topological polar surface area (TPSA) is 36.4 Å². The van der Waals surface area contributed by atoms with E-state index < -0.39 is 0 Å². The summed E-state index contributed by atoms with van der Waals surface area (Å²) < 4.78 is 13.7. The molecule has 1 saturated carbocycles. The van der Waals surface area contributed by atoms with Crippen LogP contribution in [0.4, 0.5) is 4.39 Å². The van der Waals surface area contributed by atoms with Gasteiger partial charge < -0.3 is 10.6 Å². The molecule has 2 N–H and O–H groups in total. The predicted molar refractivity (Wildman–Crippen MR) is 76.9 cm³/mol. The number of aliphatic imine (C=N–C) groups is 1. The second-order valence-electron chi connectivity index (χ2n) is 6.06. The predicted octanol–water partition coefficient (Wildman–Crippen LogP) is 2.65. The monoisotopic (exact) mass is 263 g/mol. The van der Waals surface area contributed by atoms with Gasteiger partial charge in [-0.2, -0.15) is 0 Å². The SMILES string of the molecule is CN=C(NC1CC1c1ccccc1F)NC(C)(C)C. The van der Waals surface area contributed by atoms with E-state index in [4.69, 9.17) is 0 Å². The van der Waals surface area contributed by atoms with E-state index >= 15 is 0 Å². The van der Waals surface area contributed by atoms with Gasteiger partial charge in [0.05, 0.1) is 0 Å². The minimum absolute atomic E-state index is 0.0375. The molecule has 0 bridgehead atoms. The van der Waals surface area contributed by atoms with Gasteiger partial charge in [0.15, 0.2) is 5.96 Å². The molecule has 2 unspecified atom stereocenters. The number of nitrogens with zero attached hydrogens (tertiary/aromatic N) is 1. The fourth-order valence-electron chi connectivity index (χ4n) is 2.16. The highest BCUT2D eigenvalue weighted by atomic mass is 19.1. The normalized spacial score (nSPS) is 23.1. The Labute approximate surface area is 114 Å². The van der Waals surface area contributed by atoms with E-state index in [9.17, 15) is 4.39 Å². The van der Waals surface area contributed by atoms with Gasteiger partial charge in [0.2, 0.25) is 0 Å². The number of guanidine groups is 1. The van der Waals surface area contributed by atoms with Crippen LogP contribution in [0.3, 0.4) is 0 Å². The van der Waals surface area contributed by atoms with E-state index in [0.29, 0.717) is 0 Å². The van der Waals surface area contributed by atoms with Crippen LogP contribution >= 0.6 is 0 Å². The number of nitrogens with one attached hydrogen (secondary N) is 2. The lowest BCUT2D eigenvalue weighted by atomic mass is 10.1. The van der Waals surface area contributed by atoms with Crippen LogP contribution < -0.4 is 10.6 Å². The molecule has 0 heterocycles. The van der Waals surface area contributed by atoms with Crippen molar-refractivity contribution >= 4 is 5.96 Å². The van der Waals surface area contributed by atoms with Gasteiger partial charge in [-0.1, -0.05) is 18.2 Å². The van der Waals surface area contributed by atoms with Crippen molar-refractivity contribution < 1.29 is 4.39 Å². The van der Waals surface area contributed by atoms with Gasteiger partial charge in [0.25, 0.3) is 0 Å². The van der Waals surface area contributed by atoms with Crippen molar-refractivity contribution in [1.29, 1.82) is 0 Å². The molecule has 2 rings (SSSR count). The Morgan fingerprint density at radius 2 is 2.00 bits per heavy atom. The Kier molecular flexibility index (Phi) is 3.78. The Morgan fingerprint density at radius 3 is 2.58 bits per heavy atom. The summed E-state index contributed by atoms with van der Waals surface area (Å²) in [6, 6.07) is 7.26. The average molecular weight is 263 g/mol. The number of benzene rings is 1. The summed E-state index contributed by atoms with van der Waals surface area (Å²) in [4.78, 5) is 4.20. The third-order valence-corrected chi connectivity index (χ3v) is 3.13. The molecule has 2 atom stereocenters. The molecule has 19 heavy (non-hydrogen) atoms. The van der Waals surface area contributed by atoms with Crippen LogP contribution in [-0.2, 0) is 0 Å². The first-order valence-electron chi connectivity index (χ1n) is 6.66. The minimum Gasteiger partial charge on any atom is -0.353 e. The van der Waals surface area contributed by atoms with Crippen LogP contribution in [-0.4, -0.2) is 24.6 Å². The smallest absolute Gasteiger partial charge is 0.191 e. The van der Waals surface area contributed by atoms with E-state index in [2.05, 4.69) is 36.4 Å². The lowest BCUT2D eigenvalue weighted by Crippen LogP contribution is -2.48. The third kappa shape index (κ3) is 3.69. The molecule has 0 amide bonds. The molecule has 1 aliphatic carbocycles. The van der Waals surface area contributed by atoms with E-state index in [-0.39, 0.29) is 23.3 Å². The lowest BCUT2D eigenvalue weighted by Gasteiger charge is -2.23. The highest BCUT2D eigenvalue weighted by molar-refractivity contribution is 5.81. The van der Waals surface area contributed by atoms with Gasteiger partial charge in [-0.3, -0.25) is 4.99 Å². The number of hydrogen-bond donors (Lipinski definition) is 2. The molecular weight excluding hydrogens is 241 g/mol. The lowest BCUT2D eigenvalue weighted by molar-refractivity contribution is 0.500. The molecule has 1 aromatic rings. The van der Waals surface area contributed by atoms with Crippen LogP contribution in [0.1, 0.15) is 38.7 Å². The first kappa shape index (κ1) is 13.8. The van der Waals surface area contributed by atoms with Crippen LogP contribution in [0.2, 0.25) is 0 Å². The summed E-state index contributed by atoms with van der Waals surface area (Å²) in [6.07, 6.45) is 0.950. The Hall–Kier alpha value is -1.58. The summed E-state index contributed by atoms with van der Waals surface area (Å²) >= 11 is 0. The second kappa shape index (κ2) is 5.19. The zero-order valence-electron chi connectivity index (χ0n) is 12.0. The standard InChI is InChI=1S/C15H22FN3/c1-15(2,3)19-14(17-4)18-13-9-11(13)10-7-5-6-8-12(10)16/h5-8,11,13H,9H2,1-4H3,(H2,17,18,19). The minimum atomic E-state index is -0.115. The molecule has 0 radical (unpaired) electrons. The number of halogens is 1. The van der Waals surface area contributed by atoms with E-state index in [1.54, 1.807) is 13.1 Å². The van der Waals surface area contributed by atoms with Gasteiger partial charge >= 0.3 is 0 Å². The van der Waals surface area contributed by atoms with Crippen LogP contribution in [0.25, 0.3) is 0 Å². The molecule has 0 spiro atoms. The maximum Gasteiger partial charge on any atom is 0.191 e. The molecule has 0 aliphatic heterocycles. The van der Waals surface area contributed by atoms with Crippen LogP contribution in [0.15, 0.2) is 29.3 Å². The van der Waals surface area contributed by atoms with Crippen molar-refractivity contribution in [3.8, 4) is 0 Å². The third-order valence-electron chi connectivity index (χ3n) is 3.13. The molecule has 0 aromatic heterocycles. The van der Waals surface area contributed by atoms with Crippen molar-refractivity contribution in [2.24, 2.45) is 4.99 Å². The van der Waals surface area contributed by atoms with E-state index in [1.807, 2.05) is 12.1 Å². The van der Waals surface area contributed by atoms with Crippen LogP contribution in [0.5, 0.6) is 0 Å². The Morgan fingerprint density at radius 1 is 1.32 bits per heavy atom. The fourth-order valence-corrected chi connectivity index (χ4v) is 2.16. The van der Waals surface area contributed by atoms with Crippen molar-refractivity contribution in [2.45, 2.75) is 44.7 Å². The van der Waals surface area contributed by atoms with Gasteiger partial charge in [0.1, 0.15) is 5.82 Å². The van der Waals surface area contributed by atoms with Crippen molar-refractivity contribution in [3.05, 3.63) is 35.6 Å². The zero-order valence-corrected chi connectivity index (χ0v) is 12.0. The van der Waals surface area contributed by atoms with Crippen molar-refractivity contribution in [2.75, 3.05) is 7.05 Å². The van der Waals surface area contributed by atoms with Gasteiger partial charge in [-0.05, 0) is 38.8 Å². The summed E-state index contributed by atoms with van der Waals surface area (Å²) in [7, 11) is 1.75. The maximum atomic E-state index is 13.7. The molecule has 1 aliphatic rings. The van der Waals surface area contributed by atoms with Gasteiger partial charge in [-0.25, -0.2) is 4.39 Å². The van der Waals surface area contributed by atoms with Crippen molar-refractivity contribution in [3.63, 3.8) is 0 Å². The van der Waals surface area contributed by atoms with Crippen LogP contribution in [0, 0.1) is 5.82 Å². The highest BCUT2D eigenvalue weighted by Gasteiger charge is 2.40. The average Bonchev–Trinajstić information content (AvgIpc) is 3.06. The van der Waals surface area contributed by atoms with E-state index in [0.717, 1.165) is 17.9 Å². The largest absolute Gasteiger partial charge is 0.353 e. The molecule has 0 saturated heterocycles. The number of hydrogen-bond acceptors (Lipinski definition) is 1. The fraction of sp³-hybridized carbons (Fsp3) is 0.533. The van der Waals surface area contributed by atoms with Crippen molar-refractivity contribution in [1.82, 2.24) is 10.6 Å². The molecule has 1 fully saturated rings. The summed E-state index contributed by atoms with van der Waals surface area (Å²) in [6.45, 7) is 6.25. The Bertz CT molecular complexity index is 477. The molecule has 1 aromatic carbocycles. The first-order valence-corrected chi connectivity index (χ1v) is 6.66. The Balaban J connectivity index is 1.95. The maximum absolute atomic E-state index is 13.7. The summed E-state index contributed by atoms with van der Waals surface area (Å²) in [5.41, 5.74) is 0.760. The summed E-state index contributed by atoms with van der Waals surface area (Å²) in [5.74, 6) is 0.909. The van der Waals surface area contributed by atoms with Gasteiger partial charge in [0, 0.05) is 24.5 Å². The first-order chi connectivity index (χ1) is 8.90. The second-order valence-corrected chi connectivity index (χ2v) is 6.06. The molecule has 3 nitrogen and oxygen atoms in total. The zero-order chi connectivity index (χ0) is 14.0. The molecule has 4 heteroatoms. The molecular formula is C15H22FN3.